The molecule has 0 aliphatic rings. The molecular weight excluding hydrogens is 276 g/mol. The van der Waals surface area contributed by atoms with Crippen molar-refractivity contribution in [3.63, 3.8) is 0 Å². The number of carboxylic acids is 1. The number of ether oxygens (including phenoxy) is 2. The molecule has 0 aromatic heterocycles. The van der Waals surface area contributed by atoms with Gasteiger partial charge in [0.2, 0.25) is 0 Å². The van der Waals surface area contributed by atoms with Gasteiger partial charge in [0.05, 0.1) is 6.61 Å². The van der Waals surface area contributed by atoms with E-state index in [9.17, 15) is 9.59 Å². The lowest BCUT2D eigenvalue weighted by Crippen LogP contribution is -2.54. The number of carbonyl (C=O) groups excluding carboxylic acids is 1. The maximum atomic E-state index is 12.6. The van der Waals surface area contributed by atoms with Gasteiger partial charge in [0.1, 0.15) is 6.54 Å². The number of rotatable bonds is 9. The van der Waals surface area contributed by atoms with Crippen molar-refractivity contribution in [2.75, 3.05) is 47.1 Å². The van der Waals surface area contributed by atoms with E-state index in [4.69, 9.17) is 14.6 Å². The second kappa shape index (κ2) is 9.57. The standard InChI is InChI=1S/C14H28N2O5/c1-14(2,3)16(11-12(17)18)13(19)15(8-10-21-5)7-6-9-20-4/h6-11H2,1-5H3,(H,17,18). The largest absolute Gasteiger partial charge is 0.480 e. The quantitative estimate of drug-likeness (QED) is 0.649. The third-order valence-electron chi connectivity index (χ3n) is 2.95. The van der Waals surface area contributed by atoms with Gasteiger partial charge in [-0.15, -0.1) is 0 Å². The average molecular weight is 304 g/mol. The number of aliphatic carboxylic acids is 1. The molecule has 21 heavy (non-hydrogen) atoms. The Hall–Kier alpha value is -1.34. The van der Waals surface area contributed by atoms with E-state index in [0.29, 0.717) is 32.7 Å². The molecule has 0 aliphatic carbocycles. The van der Waals surface area contributed by atoms with E-state index in [-0.39, 0.29) is 12.6 Å². The molecule has 7 heteroatoms. The van der Waals surface area contributed by atoms with Crippen molar-refractivity contribution in [2.24, 2.45) is 0 Å². The predicted octanol–water partition coefficient (Wildman–Crippen LogP) is 1.28. The van der Waals surface area contributed by atoms with Gasteiger partial charge in [-0.2, -0.15) is 0 Å². The number of amides is 2. The van der Waals surface area contributed by atoms with Crippen LogP contribution in [-0.2, 0) is 14.3 Å². The molecule has 0 saturated heterocycles. The van der Waals surface area contributed by atoms with Crippen LogP contribution in [0.4, 0.5) is 4.79 Å². The fourth-order valence-corrected chi connectivity index (χ4v) is 1.80. The van der Waals surface area contributed by atoms with Gasteiger partial charge in [-0.3, -0.25) is 4.79 Å². The lowest BCUT2D eigenvalue weighted by Gasteiger charge is -2.38. The Kier molecular flexibility index (Phi) is 8.96. The maximum Gasteiger partial charge on any atom is 0.323 e. The number of hydrogen-bond donors (Lipinski definition) is 1. The lowest BCUT2D eigenvalue weighted by molar-refractivity contribution is -0.138. The summed E-state index contributed by atoms with van der Waals surface area (Å²) in [6.45, 7) is 7.01. The van der Waals surface area contributed by atoms with Crippen LogP contribution in [0.15, 0.2) is 0 Å². The van der Waals surface area contributed by atoms with Crippen LogP contribution in [0.3, 0.4) is 0 Å². The molecule has 0 bridgehead atoms. The van der Waals surface area contributed by atoms with Crippen molar-refractivity contribution >= 4 is 12.0 Å². The highest BCUT2D eigenvalue weighted by Gasteiger charge is 2.31. The van der Waals surface area contributed by atoms with Crippen LogP contribution in [0, 0.1) is 0 Å². The molecule has 0 heterocycles. The summed E-state index contributed by atoms with van der Waals surface area (Å²) in [5.41, 5.74) is -0.567. The van der Waals surface area contributed by atoms with Crippen LogP contribution < -0.4 is 0 Å². The average Bonchev–Trinajstić information content (AvgIpc) is 2.38. The molecule has 0 aliphatic heterocycles. The number of methoxy groups -OCH3 is 2. The normalized spacial score (nSPS) is 11.3. The number of hydrogen-bond acceptors (Lipinski definition) is 4. The van der Waals surface area contributed by atoms with Crippen LogP contribution in [0.2, 0.25) is 0 Å². The van der Waals surface area contributed by atoms with Crippen molar-refractivity contribution < 1.29 is 24.2 Å². The van der Waals surface area contributed by atoms with Gasteiger partial charge in [-0.05, 0) is 27.2 Å². The summed E-state index contributed by atoms with van der Waals surface area (Å²) in [6.07, 6.45) is 0.691. The Labute approximate surface area is 126 Å². The first-order valence-electron chi connectivity index (χ1n) is 7.00. The number of urea groups is 1. The summed E-state index contributed by atoms with van der Waals surface area (Å²) in [6, 6.07) is -0.293. The van der Waals surface area contributed by atoms with Crippen LogP contribution in [0.5, 0.6) is 0 Å². The first kappa shape index (κ1) is 19.7. The Bertz CT molecular complexity index is 328. The third kappa shape index (κ3) is 7.87. The zero-order valence-electron chi connectivity index (χ0n) is 13.7. The second-order valence-electron chi connectivity index (χ2n) is 5.76. The predicted molar refractivity (Wildman–Crippen MR) is 79.4 cm³/mol. The third-order valence-corrected chi connectivity index (χ3v) is 2.95. The van der Waals surface area contributed by atoms with Crippen LogP contribution >= 0.6 is 0 Å². The summed E-state index contributed by atoms with van der Waals surface area (Å²) < 4.78 is 10.0. The van der Waals surface area contributed by atoms with Crippen molar-refractivity contribution in [1.82, 2.24) is 9.80 Å². The van der Waals surface area contributed by atoms with Crippen molar-refractivity contribution in [2.45, 2.75) is 32.7 Å². The molecule has 1 N–H and O–H groups in total. The first-order valence-corrected chi connectivity index (χ1v) is 7.00. The molecule has 0 aromatic carbocycles. The molecule has 7 nitrogen and oxygen atoms in total. The van der Waals surface area contributed by atoms with Gasteiger partial charge < -0.3 is 24.4 Å². The number of carboxylic acid groups (broad SMARTS) is 1. The Morgan fingerprint density at radius 2 is 1.62 bits per heavy atom. The molecule has 0 aromatic rings. The van der Waals surface area contributed by atoms with Crippen LogP contribution in [0.25, 0.3) is 0 Å². The molecule has 0 spiro atoms. The molecule has 0 rings (SSSR count). The highest BCUT2D eigenvalue weighted by Crippen LogP contribution is 2.16. The van der Waals surface area contributed by atoms with Gasteiger partial charge in [0, 0.05) is 39.5 Å². The van der Waals surface area contributed by atoms with Gasteiger partial charge >= 0.3 is 12.0 Å². The Morgan fingerprint density at radius 1 is 1.05 bits per heavy atom. The monoisotopic (exact) mass is 304 g/mol. The number of nitrogens with zero attached hydrogens (tertiary/aromatic N) is 2. The summed E-state index contributed by atoms with van der Waals surface area (Å²) in [5.74, 6) is -1.03. The van der Waals surface area contributed by atoms with Crippen molar-refractivity contribution in [3.05, 3.63) is 0 Å². The second-order valence-corrected chi connectivity index (χ2v) is 5.76. The highest BCUT2D eigenvalue weighted by molar-refractivity contribution is 5.80. The molecule has 124 valence electrons. The minimum atomic E-state index is -1.03. The summed E-state index contributed by atoms with van der Waals surface area (Å²) in [5, 5.41) is 9.01. The summed E-state index contributed by atoms with van der Waals surface area (Å²) >= 11 is 0. The minimum Gasteiger partial charge on any atom is -0.480 e. The Morgan fingerprint density at radius 3 is 2.05 bits per heavy atom. The van der Waals surface area contributed by atoms with E-state index < -0.39 is 11.5 Å². The van der Waals surface area contributed by atoms with Gasteiger partial charge in [0.25, 0.3) is 0 Å². The highest BCUT2D eigenvalue weighted by atomic mass is 16.5. The van der Waals surface area contributed by atoms with Crippen molar-refractivity contribution in [1.29, 1.82) is 0 Å². The summed E-state index contributed by atoms with van der Waals surface area (Å²) in [7, 11) is 3.17. The molecule has 0 unspecified atom stereocenters. The van der Waals surface area contributed by atoms with E-state index >= 15 is 0 Å². The van der Waals surface area contributed by atoms with E-state index in [2.05, 4.69) is 0 Å². The number of carbonyl (C=O) groups is 2. The van der Waals surface area contributed by atoms with Gasteiger partial charge in [-0.1, -0.05) is 0 Å². The van der Waals surface area contributed by atoms with Crippen molar-refractivity contribution in [3.8, 4) is 0 Å². The molecule has 0 fully saturated rings. The summed E-state index contributed by atoms with van der Waals surface area (Å²) in [4.78, 5) is 26.6. The molecule has 0 saturated carbocycles. The van der Waals surface area contributed by atoms with E-state index in [1.54, 1.807) is 19.1 Å². The smallest absolute Gasteiger partial charge is 0.323 e. The zero-order valence-corrected chi connectivity index (χ0v) is 13.7. The fraction of sp³-hybridized carbons (Fsp3) is 0.857. The minimum absolute atomic E-state index is 0.293. The lowest BCUT2D eigenvalue weighted by atomic mass is 10.1. The van der Waals surface area contributed by atoms with Gasteiger partial charge in [0.15, 0.2) is 0 Å². The molecule has 0 atom stereocenters. The van der Waals surface area contributed by atoms with E-state index in [1.807, 2.05) is 20.8 Å². The SMILES string of the molecule is COCCCN(CCOC)C(=O)N(CC(=O)O)C(C)(C)C. The topological polar surface area (TPSA) is 79.3 Å². The van der Waals surface area contributed by atoms with E-state index in [0.717, 1.165) is 0 Å². The first-order chi connectivity index (χ1) is 9.73. The molecule has 0 radical (unpaired) electrons. The Balaban J connectivity index is 4.94. The van der Waals surface area contributed by atoms with Crippen LogP contribution in [0.1, 0.15) is 27.2 Å². The molecule has 2 amide bonds. The fourth-order valence-electron chi connectivity index (χ4n) is 1.80. The van der Waals surface area contributed by atoms with E-state index in [1.165, 1.54) is 4.90 Å². The maximum absolute atomic E-state index is 12.6. The zero-order chi connectivity index (χ0) is 16.5. The molecular formula is C14H28N2O5. The van der Waals surface area contributed by atoms with Gasteiger partial charge in [-0.25, -0.2) is 4.79 Å². The van der Waals surface area contributed by atoms with Crippen LogP contribution in [-0.4, -0.2) is 79.5 Å².